The summed E-state index contributed by atoms with van der Waals surface area (Å²) < 4.78 is 38.5. The van der Waals surface area contributed by atoms with Gasteiger partial charge >= 0.3 is 0 Å². The second-order valence-electron chi connectivity index (χ2n) is 7.40. The number of methoxy groups -OCH3 is 2. The Labute approximate surface area is 201 Å². The van der Waals surface area contributed by atoms with Crippen LogP contribution in [0.15, 0.2) is 77.8 Å². The maximum absolute atomic E-state index is 13.4. The van der Waals surface area contributed by atoms with Crippen LogP contribution < -0.4 is 9.47 Å². The first-order valence-electron chi connectivity index (χ1n) is 10.2. The number of fused-ring (bicyclic) bond motifs is 1. The molecule has 0 aliphatic rings. The molecule has 0 saturated carbocycles. The summed E-state index contributed by atoms with van der Waals surface area (Å²) in [5.41, 5.74) is 1.48. The number of aromatic nitrogens is 1. The van der Waals surface area contributed by atoms with Gasteiger partial charge in [-0.3, -0.25) is 10.1 Å². The molecule has 0 amide bonds. The molecule has 0 bridgehead atoms. The SMILES string of the molecule is COc1ccc(C=C(C#N)c2cn(S(=O)(=O)c3ccc([N+](=O)[O-])cc3)c3ccccc23)cc1OC. The van der Waals surface area contributed by atoms with Crippen molar-refractivity contribution in [3.05, 3.63) is 94.2 Å². The Bertz CT molecular complexity index is 1610. The van der Waals surface area contributed by atoms with Gasteiger partial charge in [0.05, 0.1) is 41.2 Å². The molecular formula is C25H19N3O6S. The van der Waals surface area contributed by atoms with Gasteiger partial charge in [-0.05, 0) is 42.0 Å². The maximum Gasteiger partial charge on any atom is 0.269 e. The van der Waals surface area contributed by atoms with E-state index in [1.54, 1.807) is 48.5 Å². The van der Waals surface area contributed by atoms with Crippen LogP contribution in [0.5, 0.6) is 11.5 Å². The third kappa shape index (κ3) is 4.32. The fourth-order valence-corrected chi connectivity index (χ4v) is 5.07. The number of benzene rings is 3. The predicted octanol–water partition coefficient (Wildman–Crippen LogP) is 4.87. The number of ether oxygens (including phenoxy) is 2. The minimum Gasteiger partial charge on any atom is -0.493 e. The van der Waals surface area contributed by atoms with Crippen molar-refractivity contribution in [2.75, 3.05) is 14.2 Å². The molecule has 4 rings (SSSR count). The summed E-state index contributed by atoms with van der Waals surface area (Å²) in [4.78, 5) is 10.2. The van der Waals surface area contributed by atoms with Crippen molar-refractivity contribution >= 4 is 38.3 Å². The van der Waals surface area contributed by atoms with Gasteiger partial charge in [-0.25, -0.2) is 12.4 Å². The summed E-state index contributed by atoms with van der Waals surface area (Å²) in [5, 5.41) is 21.4. The van der Waals surface area contributed by atoms with E-state index in [-0.39, 0.29) is 16.2 Å². The number of hydrogen-bond acceptors (Lipinski definition) is 7. The first kappa shape index (κ1) is 23.5. The third-order valence-electron chi connectivity index (χ3n) is 5.41. The lowest BCUT2D eigenvalue weighted by Crippen LogP contribution is -2.11. The van der Waals surface area contributed by atoms with Crippen molar-refractivity contribution in [2.45, 2.75) is 4.90 Å². The number of nitro groups is 1. The van der Waals surface area contributed by atoms with Crippen molar-refractivity contribution in [3.63, 3.8) is 0 Å². The molecule has 0 aliphatic carbocycles. The maximum atomic E-state index is 13.4. The van der Waals surface area contributed by atoms with E-state index in [1.165, 1.54) is 32.5 Å². The highest BCUT2D eigenvalue weighted by molar-refractivity contribution is 7.90. The van der Waals surface area contributed by atoms with Crippen molar-refractivity contribution in [3.8, 4) is 17.6 Å². The highest BCUT2D eigenvalue weighted by Crippen LogP contribution is 2.33. The summed E-state index contributed by atoms with van der Waals surface area (Å²) in [5.74, 6) is 1.02. The van der Waals surface area contributed by atoms with E-state index in [2.05, 4.69) is 6.07 Å². The number of nitrogens with zero attached hydrogens (tertiary/aromatic N) is 3. The van der Waals surface area contributed by atoms with E-state index in [4.69, 9.17) is 9.47 Å². The van der Waals surface area contributed by atoms with Crippen LogP contribution in [0.3, 0.4) is 0 Å². The number of allylic oxidation sites excluding steroid dienone is 1. The Balaban J connectivity index is 1.87. The number of rotatable bonds is 7. The minimum atomic E-state index is -4.10. The fraction of sp³-hybridized carbons (Fsp3) is 0.0800. The zero-order chi connectivity index (χ0) is 25.2. The molecule has 0 unspecified atom stereocenters. The molecule has 0 aliphatic heterocycles. The molecule has 0 N–H and O–H groups in total. The second-order valence-corrected chi connectivity index (χ2v) is 9.21. The third-order valence-corrected chi connectivity index (χ3v) is 7.10. The molecular weight excluding hydrogens is 470 g/mol. The number of hydrogen-bond donors (Lipinski definition) is 0. The Hall–Kier alpha value is -4.62. The molecule has 0 spiro atoms. The van der Waals surface area contributed by atoms with Crippen LogP contribution in [0.1, 0.15) is 11.1 Å². The average molecular weight is 490 g/mol. The van der Waals surface area contributed by atoms with Crippen LogP contribution in [0.4, 0.5) is 5.69 Å². The van der Waals surface area contributed by atoms with Gasteiger partial charge in [-0.15, -0.1) is 0 Å². The summed E-state index contributed by atoms with van der Waals surface area (Å²) >= 11 is 0. The molecule has 10 heteroatoms. The number of nitro benzene ring substituents is 1. The standard InChI is InChI=1S/C25H19N3O6S/c1-33-24-12-7-17(14-25(24)34-2)13-18(15-26)22-16-27(23-6-4-3-5-21(22)23)35(31,32)20-10-8-19(9-11-20)28(29)30/h3-14,16H,1-2H3. The first-order valence-corrected chi connectivity index (χ1v) is 11.7. The topological polar surface area (TPSA) is 124 Å². The van der Waals surface area contributed by atoms with Gasteiger partial charge in [0.1, 0.15) is 0 Å². The monoisotopic (exact) mass is 489 g/mol. The molecule has 4 aromatic rings. The van der Waals surface area contributed by atoms with Crippen LogP contribution >= 0.6 is 0 Å². The Morgan fingerprint density at radius 1 is 1.03 bits per heavy atom. The second kappa shape index (κ2) is 9.32. The Kier molecular flexibility index (Phi) is 6.27. The Morgan fingerprint density at radius 3 is 2.34 bits per heavy atom. The molecule has 9 nitrogen and oxygen atoms in total. The van der Waals surface area contributed by atoms with Gasteiger partial charge in [-0.1, -0.05) is 24.3 Å². The lowest BCUT2D eigenvalue weighted by atomic mass is 10.0. The lowest BCUT2D eigenvalue weighted by molar-refractivity contribution is -0.384. The molecule has 0 atom stereocenters. The predicted molar refractivity (Wildman–Crippen MR) is 131 cm³/mol. The van der Waals surface area contributed by atoms with E-state index in [0.29, 0.717) is 33.5 Å². The number of non-ortho nitro benzene ring substituents is 1. The van der Waals surface area contributed by atoms with Crippen molar-refractivity contribution in [2.24, 2.45) is 0 Å². The quantitative estimate of drug-likeness (QED) is 0.206. The van der Waals surface area contributed by atoms with Crippen LogP contribution in [0, 0.1) is 21.4 Å². The molecule has 0 fully saturated rings. The highest BCUT2D eigenvalue weighted by Gasteiger charge is 2.23. The number of para-hydroxylation sites is 1. The summed E-state index contributed by atoms with van der Waals surface area (Å²) in [6.45, 7) is 0. The van der Waals surface area contributed by atoms with Crippen LogP contribution in [0.2, 0.25) is 0 Å². The van der Waals surface area contributed by atoms with Gasteiger partial charge < -0.3 is 9.47 Å². The number of nitriles is 1. The highest BCUT2D eigenvalue weighted by atomic mass is 32.2. The van der Waals surface area contributed by atoms with Crippen LogP contribution in [-0.2, 0) is 10.0 Å². The summed E-state index contributed by atoms with van der Waals surface area (Å²) in [7, 11) is -1.07. The molecule has 176 valence electrons. The van der Waals surface area contributed by atoms with Crippen molar-refractivity contribution in [1.29, 1.82) is 5.26 Å². The smallest absolute Gasteiger partial charge is 0.269 e. The zero-order valence-electron chi connectivity index (χ0n) is 18.7. The molecule has 1 aromatic heterocycles. The van der Waals surface area contributed by atoms with E-state index in [9.17, 15) is 23.8 Å². The van der Waals surface area contributed by atoms with E-state index < -0.39 is 14.9 Å². The molecule has 0 saturated heterocycles. The average Bonchev–Trinajstić information content (AvgIpc) is 3.27. The Morgan fingerprint density at radius 2 is 1.71 bits per heavy atom. The van der Waals surface area contributed by atoms with Crippen LogP contribution in [0.25, 0.3) is 22.6 Å². The summed E-state index contributed by atoms with van der Waals surface area (Å²) in [6.07, 6.45) is 3.02. The van der Waals surface area contributed by atoms with E-state index in [1.807, 2.05) is 0 Å². The van der Waals surface area contributed by atoms with Gasteiger partial charge in [0, 0.05) is 29.3 Å². The molecule has 3 aromatic carbocycles. The summed E-state index contributed by atoms with van der Waals surface area (Å²) in [6, 6.07) is 18.8. The van der Waals surface area contributed by atoms with Crippen molar-refractivity contribution in [1.82, 2.24) is 3.97 Å². The molecule has 0 radical (unpaired) electrons. The molecule has 1 heterocycles. The normalized spacial score (nSPS) is 11.7. The van der Waals surface area contributed by atoms with Gasteiger partial charge in [0.2, 0.25) is 0 Å². The largest absolute Gasteiger partial charge is 0.493 e. The lowest BCUT2D eigenvalue weighted by Gasteiger charge is -2.08. The molecule has 35 heavy (non-hydrogen) atoms. The fourth-order valence-electron chi connectivity index (χ4n) is 3.70. The van der Waals surface area contributed by atoms with Gasteiger partial charge in [0.15, 0.2) is 11.5 Å². The van der Waals surface area contributed by atoms with Gasteiger partial charge in [-0.2, -0.15) is 5.26 Å². The minimum absolute atomic E-state index is 0.113. The van der Waals surface area contributed by atoms with E-state index in [0.717, 1.165) is 16.1 Å². The van der Waals surface area contributed by atoms with Crippen molar-refractivity contribution < 1.29 is 22.8 Å². The zero-order valence-corrected chi connectivity index (χ0v) is 19.5. The van der Waals surface area contributed by atoms with Gasteiger partial charge in [0.25, 0.3) is 15.7 Å². The first-order chi connectivity index (χ1) is 16.8. The van der Waals surface area contributed by atoms with E-state index >= 15 is 0 Å². The van der Waals surface area contributed by atoms with Crippen LogP contribution in [-0.4, -0.2) is 31.5 Å².